The first-order valence-corrected chi connectivity index (χ1v) is 6.19. The predicted octanol–water partition coefficient (Wildman–Crippen LogP) is 2.92. The molecular formula is C14H18O4. The summed E-state index contributed by atoms with van der Waals surface area (Å²) in [6.07, 6.45) is 4.11. The molecule has 0 heterocycles. The van der Waals surface area contributed by atoms with Crippen LogP contribution in [0.5, 0.6) is 0 Å². The van der Waals surface area contributed by atoms with Crippen LogP contribution in [0.1, 0.15) is 43.0 Å². The molecular weight excluding hydrogens is 232 g/mol. The Bertz CT molecular complexity index is 373. The zero-order chi connectivity index (χ0) is 13.2. The van der Waals surface area contributed by atoms with Crippen molar-refractivity contribution < 1.29 is 19.4 Å². The first kappa shape index (κ1) is 14.4. The average molecular weight is 250 g/mol. The third-order valence-corrected chi connectivity index (χ3v) is 2.44. The van der Waals surface area contributed by atoms with Crippen molar-refractivity contribution in [2.24, 2.45) is 0 Å². The number of carbonyl (C=O) groups is 2. The summed E-state index contributed by atoms with van der Waals surface area (Å²) in [7, 11) is 0. The first-order valence-electron chi connectivity index (χ1n) is 6.19. The van der Waals surface area contributed by atoms with Gasteiger partial charge < -0.3 is 0 Å². The Morgan fingerprint density at radius 1 is 1.06 bits per heavy atom. The van der Waals surface area contributed by atoms with Crippen molar-refractivity contribution in [3.63, 3.8) is 0 Å². The molecule has 18 heavy (non-hydrogen) atoms. The van der Waals surface area contributed by atoms with Crippen molar-refractivity contribution in [3.05, 3.63) is 35.9 Å². The van der Waals surface area contributed by atoms with Gasteiger partial charge in [0.25, 0.3) is 5.78 Å². The quantitative estimate of drug-likeness (QED) is 0.234. The van der Waals surface area contributed by atoms with Crippen molar-refractivity contribution in [3.8, 4) is 0 Å². The van der Waals surface area contributed by atoms with Gasteiger partial charge in [0.1, 0.15) is 0 Å². The molecule has 0 amide bonds. The highest BCUT2D eigenvalue weighted by Crippen LogP contribution is 2.03. The molecule has 0 aromatic heterocycles. The van der Waals surface area contributed by atoms with Crippen molar-refractivity contribution in [1.29, 1.82) is 0 Å². The number of carbonyl (C=O) groups excluding carboxylic acids is 2. The summed E-state index contributed by atoms with van der Waals surface area (Å²) in [5, 5.41) is 0. The highest BCUT2D eigenvalue weighted by molar-refractivity contribution is 6.40. The molecule has 0 bridgehead atoms. The smallest absolute Gasteiger partial charge is 0.289 e. The molecule has 4 nitrogen and oxygen atoms in total. The highest BCUT2D eigenvalue weighted by Gasteiger charge is 2.18. The van der Waals surface area contributed by atoms with E-state index in [1.54, 1.807) is 30.3 Å². The van der Waals surface area contributed by atoms with Gasteiger partial charge in [-0.25, -0.2) is 4.79 Å². The van der Waals surface area contributed by atoms with Crippen molar-refractivity contribution in [2.75, 3.05) is 6.61 Å². The van der Waals surface area contributed by atoms with E-state index in [0.29, 0.717) is 12.2 Å². The van der Waals surface area contributed by atoms with Gasteiger partial charge in [-0.2, -0.15) is 4.89 Å². The van der Waals surface area contributed by atoms with Gasteiger partial charge in [0.05, 0.1) is 6.61 Å². The molecule has 0 atom stereocenters. The maximum absolute atomic E-state index is 11.6. The van der Waals surface area contributed by atoms with Crippen LogP contribution in [0.25, 0.3) is 0 Å². The van der Waals surface area contributed by atoms with E-state index in [0.717, 1.165) is 25.7 Å². The fourth-order valence-electron chi connectivity index (χ4n) is 1.43. The summed E-state index contributed by atoms with van der Waals surface area (Å²) >= 11 is 0. The second-order valence-electron chi connectivity index (χ2n) is 3.95. The molecule has 98 valence electrons. The first-order chi connectivity index (χ1) is 8.75. The van der Waals surface area contributed by atoms with E-state index in [2.05, 4.69) is 11.8 Å². The predicted molar refractivity (Wildman–Crippen MR) is 67.0 cm³/mol. The molecule has 1 aromatic carbocycles. The van der Waals surface area contributed by atoms with E-state index >= 15 is 0 Å². The molecule has 0 aliphatic rings. The van der Waals surface area contributed by atoms with Crippen molar-refractivity contribution in [1.82, 2.24) is 0 Å². The molecule has 1 rings (SSSR count). The van der Waals surface area contributed by atoms with E-state index < -0.39 is 11.8 Å². The van der Waals surface area contributed by atoms with E-state index in [1.165, 1.54) is 0 Å². The highest BCUT2D eigenvalue weighted by atomic mass is 17.2. The van der Waals surface area contributed by atoms with Gasteiger partial charge in [-0.3, -0.25) is 9.68 Å². The molecule has 0 spiro atoms. The molecule has 4 heteroatoms. The number of hydrogen-bond donors (Lipinski definition) is 0. The summed E-state index contributed by atoms with van der Waals surface area (Å²) in [6.45, 7) is 2.44. The summed E-state index contributed by atoms with van der Waals surface area (Å²) in [4.78, 5) is 32.1. The van der Waals surface area contributed by atoms with E-state index in [9.17, 15) is 9.59 Å². The van der Waals surface area contributed by atoms with Crippen LogP contribution in [0.3, 0.4) is 0 Å². The standard InChI is InChI=1S/C14H18O4/c1-2-3-4-8-11-17-18-14(16)13(15)12-9-6-5-7-10-12/h5-7,9-10H,2-4,8,11H2,1H3. The zero-order valence-electron chi connectivity index (χ0n) is 10.6. The van der Waals surface area contributed by atoms with Crippen LogP contribution in [-0.4, -0.2) is 18.4 Å². The van der Waals surface area contributed by atoms with Gasteiger partial charge in [0.15, 0.2) is 0 Å². The number of unbranched alkanes of at least 4 members (excludes halogenated alkanes) is 3. The Balaban J connectivity index is 2.23. The largest absolute Gasteiger partial charge is 0.413 e. The van der Waals surface area contributed by atoms with Crippen LogP contribution >= 0.6 is 0 Å². The average Bonchev–Trinajstić information content (AvgIpc) is 2.42. The summed E-state index contributed by atoms with van der Waals surface area (Å²) < 4.78 is 0. The lowest BCUT2D eigenvalue weighted by molar-refractivity contribution is -0.267. The molecule has 0 saturated carbocycles. The summed E-state index contributed by atoms with van der Waals surface area (Å²) in [5.41, 5.74) is 0.303. The Kier molecular flexibility index (Phi) is 6.72. The minimum atomic E-state index is -0.975. The number of Topliss-reactive ketones (excluding diaryl/α,β-unsaturated/α-hetero) is 1. The SMILES string of the molecule is CCCCCCOOC(=O)C(=O)c1ccccc1. The van der Waals surface area contributed by atoms with Gasteiger partial charge in [-0.05, 0) is 6.42 Å². The van der Waals surface area contributed by atoms with Gasteiger partial charge in [0.2, 0.25) is 0 Å². The third kappa shape index (κ3) is 5.10. The van der Waals surface area contributed by atoms with Crippen LogP contribution in [-0.2, 0) is 14.6 Å². The summed E-state index contributed by atoms with van der Waals surface area (Å²) in [6, 6.07) is 8.26. The third-order valence-electron chi connectivity index (χ3n) is 2.44. The second kappa shape index (κ2) is 8.42. The van der Waals surface area contributed by atoms with Crippen LogP contribution in [0.4, 0.5) is 0 Å². The molecule has 0 radical (unpaired) electrons. The van der Waals surface area contributed by atoms with Crippen LogP contribution in [0.2, 0.25) is 0 Å². The Morgan fingerprint density at radius 2 is 1.78 bits per heavy atom. The minimum absolute atomic E-state index is 0.303. The maximum Gasteiger partial charge on any atom is 0.413 e. The number of ketones is 1. The van der Waals surface area contributed by atoms with Crippen molar-refractivity contribution in [2.45, 2.75) is 32.6 Å². The second-order valence-corrected chi connectivity index (χ2v) is 3.95. The van der Waals surface area contributed by atoms with Crippen LogP contribution in [0.15, 0.2) is 30.3 Å². The number of hydrogen-bond acceptors (Lipinski definition) is 4. The van der Waals surface area contributed by atoms with Gasteiger partial charge in [0, 0.05) is 5.56 Å². The number of rotatable bonds is 8. The lowest BCUT2D eigenvalue weighted by atomic mass is 10.1. The monoisotopic (exact) mass is 250 g/mol. The Hall–Kier alpha value is -1.68. The zero-order valence-corrected chi connectivity index (χ0v) is 10.6. The fraction of sp³-hybridized carbons (Fsp3) is 0.429. The van der Waals surface area contributed by atoms with Gasteiger partial charge >= 0.3 is 5.97 Å². The van der Waals surface area contributed by atoms with E-state index in [4.69, 9.17) is 4.89 Å². The van der Waals surface area contributed by atoms with E-state index in [-0.39, 0.29) is 0 Å². The number of benzene rings is 1. The maximum atomic E-state index is 11.6. The Labute approximate surface area is 107 Å². The van der Waals surface area contributed by atoms with Crippen LogP contribution < -0.4 is 0 Å². The molecule has 0 aliphatic carbocycles. The Morgan fingerprint density at radius 3 is 2.44 bits per heavy atom. The van der Waals surface area contributed by atoms with Gasteiger partial charge in [-0.15, -0.1) is 0 Å². The van der Waals surface area contributed by atoms with Crippen LogP contribution in [0, 0.1) is 0 Å². The minimum Gasteiger partial charge on any atom is -0.289 e. The molecule has 0 aliphatic heterocycles. The lowest BCUT2D eigenvalue weighted by Crippen LogP contribution is -2.18. The summed E-state index contributed by atoms with van der Waals surface area (Å²) in [5.74, 6) is -1.67. The fourth-order valence-corrected chi connectivity index (χ4v) is 1.43. The van der Waals surface area contributed by atoms with E-state index in [1.807, 2.05) is 0 Å². The van der Waals surface area contributed by atoms with Gasteiger partial charge in [-0.1, -0.05) is 56.5 Å². The molecule has 1 aromatic rings. The topological polar surface area (TPSA) is 52.6 Å². The lowest BCUT2D eigenvalue weighted by Gasteiger charge is -2.02. The van der Waals surface area contributed by atoms with Crippen molar-refractivity contribution >= 4 is 11.8 Å². The molecule has 0 unspecified atom stereocenters. The molecule has 0 fully saturated rings. The molecule has 0 N–H and O–H groups in total. The normalized spacial score (nSPS) is 10.1. The molecule has 0 saturated heterocycles.